The largest absolute Gasteiger partial charge is 0.468 e. The second-order valence-corrected chi connectivity index (χ2v) is 10.8. The maximum absolute atomic E-state index is 13.0. The van der Waals surface area contributed by atoms with E-state index in [9.17, 15) is 4.79 Å². The number of rotatable bonds is 10. The quantitative estimate of drug-likeness (QED) is 0.312. The molecule has 1 aromatic heterocycles. The van der Waals surface area contributed by atoms with E-state index in [1.165, 1.54) is 43.3 Å². The van der Waals surface area contributed by atoms with Crippen LogP contribution >= 0.6 is 0 Å². The monoisotopic (exact) mass is 506 g/mol. The molecule has 0 N–H and O–H groups in total. The Bertz CT molecular complexity index is 1040. The van der Waals surface area contributed by atoms with Crippen LogP contribution in [-0.4, -0.2) is 55.4 Å². The zero-order valence-corrected chi connectivity index (χ0v) is 22.3. The normalized spacial score (nSPS) is 22.9. The van der Waals surface area contributed by atoms with Crippen molar-refractivity contribution in [2.45, 2.75) is 88.9 Å². The van der Waals surface area contributed by atoms with Crippen LogP contribution in [0.1, 0.15) is 91.6 Å². The first kappa shape index (κ1) is 26.3. The number of fused-ring (bicyclic) bond motifs is 1. The predicted molar refractivity (Wildman–Crippen MR) is 143 cm³/mol. The lowest BCUT2D eigenvalue weighted by atomic mass is 9.92. The summed E-state index contributed by atoms with van der Waals surface area (Å²) in [5.74, 6) is -0.207. The van der Waals surface area contributed by atoms with Crippen LogP contribution in [0, 0.1) is 0 Å². The van der Waals surface area contributed by atoms with Crippen molar-refractivity contribution in [3.8, 4) is 0 Å². The van der Waals surface area contributed by atoms with E-state index in [1.54, 1.807) is 0 Å². The number of esters is 1. The molecule has 2 fully saturated rings. The number of hydrogen-bond donors (Lipinski definition) is 0. The number of hydrogen-bond acceptors (Lipinski definition) is 6. The summed E-state index contributed by atoms with van der Waals surface area (Å²) in [7, 11) is 1.48. The Labute approximate surface area is 221 Å². The van der Waals surface area contributed by atoms with Gasteiger partial charge >= 0.3 is 5.97 Å². The number of benzene rings is 1. The van der Waals surface area contributed by atoms with Crippen LogP contribution in [0.2, 0.25) is 0 Å². The van der Waals surface area contributed by atoms with Gasteiger partial charge in [0.1, 0.15) is 6.04 Å². The predicted octanol–water partition coefficient (Wildman–Crippen LogP) is 5.53. The van der Waals surface area contributed by atoms with Gasteiger partial charge in [-0.2, -0.15) is 0 Å². The molecular weight excluding hydrogens is 464 g/mol. The van der Waals surface area contributed by atoms with Crippen molar-refractivity contribution in [2.75, 3.05) is 33.4 Å². The summed E-state index contributed by atoms with van der Waals surface area (Å²) in [5, 5.41) is 0. The van der Waals surface area contributed by atoms with Crippen LogP contribution in [0.5, 0.6) is 0 Å². The van der Waals surface area contributed by atoms with Crippen LogP contribution in [0.25, 0.3) is 0 Å². The molecule has 2 aromatic rings. The Morgan fingerprint density at radius 1 is 1.08 bits per heavy atom. The molecule has 2 aliphatic heterocycles. The molecule has 1 aromatic carbocycles. The molecule has 5 rings (SSSR count). The van der Waals surface area contributed by atoms with Gasteiger partial charge in [0, 0.05) is 37.7 Å². The molecule has 37 heavy (non-hydrogen) atoms. The smallest absolute Gasteiger partial charge is 0.327 e. The summed E-state index contributed by atoms with van der Waals surface area (Å²) in [4.78, 5) is 20.2. The van der Waals surface area contributed by atoms with E-state index >= 15 is 0 Å². The molecule has 3 aliphatic rings. The lowest BCUT2D eigenvalue weighted by Gasteiger charge is -2.31. The Morgan fingerprint density at radius 3 is 2.84 bits per heavy atom. The third kappa shape index (κ3) is 6.60. The summed E-state index contributed by atoms with van der Waals surface area (Å²) >= 11 is 0. The van der Waals surface area contributed by atoms with Crippen molar-refractivity contribution >= 4 is 5.97 Å². The molecule has 200 valence electrons. The number of methoxy groups -OCH3 is 1. The van der Waals surface area contributed by atoms with Gasteiger partial charge in [0.15, 0.2) is 0 Å². The molecule has 6 heteroatoms. The second kappa shape index (κ2) is 13.0. The maximum atomic E-state index is 13.0. The van der Waals surface area contributed by atoms with Gasteiger partial charge < -0.3 is 14.2 Å². The average molecular weight is 507 g/mol. The molecule has 2 saturated heterocycles. The first-order chi connectivity index (χ1) is 18.2. The topological polar surface area (TPSA) is 60.9 Å². The lowest BCUT2D eigenvalue weighted by Crippen LogP contribution is -2.35. The molecule has 0 saturated carbocycles. The molecule has 0 bridgehead atoms. The molecule has 0 spiro atoms. The van der Waals surface area contributed by atoms with Gasteiger partial charge in [-0.15, -0.1) is 0 Å². The van der Waals surface area contributed by atoms with Crippen LogP contribution in [0.4, 0.5) is 0 Å². The minimum Gasteiger partial charge on any atom is -0.468 e. The van der Waals surface area contributed by atoms with Crippen molar-refractivity contribution in [3.05, 3.63) is 64.5 Å². The van der Waals surface area contributed by atoms with Crippen molar-refractivity contribution in [1.82, 2.24) is 9.88 Å². The summed E-state index contributed by atoms with van der Waals surface area (Å²) in [6.07, 6.45) is 12.4. The first-order valence-corrected chi connectivity index (χ1v) is 14.3. The van der Waals surface area contributed by atoms with E-state index in [1.807, 2.05) is 12.1 Å². The molecule has 0 amide bonds. The van der Waals surface area contributed by atoms with Crippen molar-refractivity contribution in [1.29, 1.82) is 0 Å². The standard InChI is InChI=1S/C31H42N2O4/c1-35-31(34)30(27-13-4-3-12-26(27)29-15-7-9-21-37-29)33-19-18-25(22-33)36-20-8-6-11-24-17-16-23-10-2-5-14-28(23)32-24/h3-4,12-13,16-17,25,29-30H,2,5-11,14-15,18-22H2,1H3/t25-,29?,30?/m1/s1. The van der Waals surface area contributed by atoms with E-state index in [4.69, 9.17) is 19.2 Å². The van der Waals surface area contributed by atoms with Gasteiger partial charge in [-0.25, -0.2) is 4.79 Å². The van der Waals surface area contributed by atoms with E-state index < -0.39 is 6.04 Å². The summed E-state index contributed by atoms with van der Waals surface area (Å²) in [6, 6.07) is 12.3. The maximum Gasteiger partial charge on any atom is 0.327 e. The van der Waals surface area contributed by atoms with Crippen molar-refractivity contribution in [2.24, 2.45) is 0 Å². The number of ether oxygens (including phenoxy) is 3. The third-order valence-electron chi connectivity index (χ3n) is 8.20. The zero-order chi connectivity index (χ0) is 25.5. The number of aryl methyl sites for hydroxylation is 3. The summed E-state index contributed by atoms with van der Waals surface area (Å²) in [5.41, 5.74) is 6.12. The fourth-order valence-electron chi connectivity index (χ4n) is 6.17. The molecule has 3 heterocycles. The van der Waals surface area contributed by atoms with Gasteiger partial charge in [-0.3, -0.25) is 9.88 Å². The molecule has 0 radical (unpaired) electrons. The first-order valence-electron chi connectivity index (χ1n) is 14.3. The highest BCUT2D eigenvalue weighted by atomic mass is 16.5. The van der Waals surface area contributed by atoms with Gasteiger partial charge in [-0.1, -0.05) is 30.3 Å². The molecule has 6 nitrogen and oxygen atoms in total. The van der Waals surface area contributed by atoms with E-state index in [-0.39, 0.29) is 18.2 Å². The van der Waals surface area contributed by atoms with Gasteiger partial charge in [0.2, 0.25) is 0 Å². The highest BCUT2D eigenvalue weighted by Crippen LogP contribution is 2.36. The Balaban J connectivity index is 1.13. The second-order valence-electron chi connectivity index (χ2n) is 10.8. The minimum atomic E-state index is -0.421. The Kier molecular flexibility index (Phi) is 9.24. The highest BCUT2D eigenvalue weighted by Gasteiger charge is 2.37. The van der Waals surface area contributed by atoms with Crippen LogP contribution < -0.4 is 0 Å². The lowest BCUT2D eigenvalue weighted by molar-refractivity contribution is -0.147. The van der Waals surface area contributed by atoms with Crippen molar-refractivity contribution in [3.63, 3.8) is 0 Å². The molecule has 2 unspecified atom stereocenters. The van der Waals surface area contributed by atoms with Gasteiger partial charge in [-0.05, 0) is 93.4 Å². The van der Waals surface area contributed by atoms with Crippen molar-refractivity contribution < 1.29 is 19.0 Å². The fraction of sp³-hybridized carbons (Fsp3) is 0.613. The third-order valence-corrected chi connectivity index (χ3v) is 8.20. The number of likely N-dealkylation sites (tertiary alicyclic amines) is 1. The number of carbonyl (C=O) groups is 1. The summed E-state index contributed by atoms with van der Waals surface area (Å²) in [6.45, 7) is 3.10. The van der Waals surface area contributed by atoms with E-state index in [2.05, 4.69) is 29.2 Å². The number of carbonyl (C=O) groups excluding carboxylic acids is 1. The highest BCUT2D eigenvalue weighted by molar-refractivity contribution is 5.78. The minimum absolute atomic E-state index is 0.0522. The molecular formula is C31H42N2O4. The van der Waals surface area contributed by atoms with Crippen LogP contribution in [0.15, 0.2) is 36.4 Å². The number of pyridine rings is 1. The average Bonchev–Trinajstić information content (AvgIpc) is 3.41. The molecule has 1 aliphatic carbocycles. The Morgan fingerprint density at radius 2 is 1.97 bits per heavy atom. The number of aromatic nitrogens is 1. The fourth-order valence-corrected chi connectivity index (χ4v) is 6.17. The van der Waals surface area contributed by atoms with E-state index in [0.717, 1.165) is 88.8 Å². The SMILES string of the molecule is COC(=O)C(c1ccccc1C1CCCCO1)N1CC[C@@H](OCCCCc2ccc3c(n2)CCCC3)C1. The Hall–Kier alpha value is -2.28. The molecule has 3 atom stereocenters. The zero-order valence-electron chi connectivity index (χ0n) is 22.3. The van der Waals surface area contributed by atoms with Gasteiger partial charge in [0.25, 0.3) is 0 Å². The van der Waals surface area contributed by atoms with Crippen LogP contribution in [-0.2, 0) is 38.3 Å². The van der Waals surface area contributed by atoms with Gasteiger partial charge in [0.05, 0.1) is 19.3 Å². The summed E-state index contributed by atoms with van der Waals surface area (Å²) < 4.78 is 17.6. The number of nitrogens with zero attached hydrogens (tertiary/aromatic N) is 2. The van der Waals surface area contributed by atoms with E-state index in [0.29, 0.717) is 0 Å². The van der Waals surface area contributed by atoms with Crippen LogP contribution in [0.3, 0.4) is 0 Å². The number of unbranched alkanes of at least 4 members (excludes halogenated alkanes) is 1.